The largest absolute Gasteiger partial charge is 0.408 e. The molecule has 2 atom stereocenters. The molecule has 2 aliphatic rings. The van der Waals surface area contributed by atoms with Crippen LogP contribution in [0.5, 0.6) is 0 Å². The first-order valence-corrected chi connectivity index (χ1v) is 6.12. The summed E-state index contributed by atoms with van der Waals surface area (Å²) >= 11 is 1.12. The number of alkyl halides is 3. The van der Waals surface area contributed by atoms with Crippen LogP contribution >= 0.6 is 11.8 Å². The number of rotatable bonds is 2. The minimum absolute atomic E-state index is 0.171. The van der Waals surface area contributed by atoms with Crippen molar-refractivity contribution < 1.29 is 23.0 Å². The van der Waals surface area contributed by atoms with Crippen LogP contribution in [0.3, 0.4) is 0 Å². The highest BCUT2D eigenvalue weighted by Gasteiger charge is 2.48. The molecule has 0 bridgehead atoms. The Morgan fingerprint density at radius 3 is 2.94 bits per heavy atom. The molecular weight excluding hydrogens is 257 g/mol. The van der Waals surface area contributed by atoms with Crippen LogP contribution in [0.1, 0.15) is 12.8 Å². The normalized spacial score (nSPS) is 35.8. The molecule has 2 saturated heterocycles. The Bertz CT molecular complexity index is 324. The predicted molar refractivity (Wildman–Crippen MR) is 57.9 cm³/mol. The molecule has 4 nitrogen and oxygen atoms in total. The van der Waals surface area contributed by atoms with E-state index in [-0.39, 0.29) is 17.2 Å². The van der Waals surface area contributed by atoms with Gasteiger partial charge in [-0.05, 0) is 12.8 Å². The Kier molecular flexibility index (Phi) is 3.55. The fraction of sp³-hybridized carbons (Fsp3) is 0.889. The van der Waals surface area contributed by atoms with Gasteiger partial charge in [-0.3, -0.25) is 4.99 Å². The van der Waals surface area contributed by atoms with E-state index < -0.39 is 18.3 Å². The van der Waals surface area contributed by atoms with Gasteiger partial charge in [0, 0.05) is 6.61 Å². The summed E-state index contributed by atoms with van der Waals surface area (Å²) in [5, 5.41) is 12.4. The second-order valence-electron chi connectivity index (χ2n) is 4.10. The molecule has 0 aliphatic carbocycles. The Morgan fingerprint density at radius 2 is 2.35 bits per heavy atom. The van der Waals surface area contributed by atoms with Crippen LogP contribution in [0.25, 0.3) is 0 Å². The van der Waals surface area contributed by atoms with Crippen molar-refractivity contribution >= 4 is 16.9 Å². The number of nitrogens with zero attached hydrogens (tertiary/aromatic N) is 1. The first kappa shape index (κ1) is 13.0. The molecule has 0 aromatic rings. The van der Waals surface area contributed by atoms with Crippen molar-refractivity contribution in [1.82, 2.24) is 5.32 Å². The fourth-order valence-corrected chi connectivity index (χ4v) is 3.14. The average Bonchev–Trinajstić information content (AvgIpc) is 2.64. The summed E-state index contributed by atoms with van der Waals surface area (Å²) in [4.78, 5) is 3.46. The minimum Gasteiger partial charge on any atom is -0.394 e. The lowest BCUT2D eigenvalue weighted by Gasteiger charge is -2.36. The second kappa shape index (κ2) is 4.66. The van der Waals surface area contributed by atoms with Gasteiger partial charge in [-0.1, -0.05) is 11.8 Å². The molecular formula is C9H13F3N2O2S. The summed E-state index contributed by atoms with van der Waals surface area (Å²) in [6.07, 6.45) is -2.86. The van der Waals surface area contributed by atoms with Crippen molar-refractivity contribution in [3.05, 3.63) is 0 Å². The number of aliphatic hydroxyl groups is 1. The van der Waals surface area contributed by atoms with Crippen molar-refractivity contribution in [3.8, 4) is 0 Å². The van der Waals surface area contributed by atoms with Crippen LogP contribution in [0.2, 0.25) is 0 Å². The SMILES string of the molecule is OCC12CCCOC1SC(=NCC(F)(F)F)N2. The van der Waals surface area contributed by atoms with E-state index in [9.17, 15) is 18.3 Å². The summed E-state index contributed by atoms with van der Waals surface area (Å²) < 4.78 is 41.5. The van der Waals surface area contributed by atoms with Crippen LogP contribution in [-0.4, -0.2) is 47.2 Å². The van der Waals surface area contributed by atoms with Gasteiger partial charge < -0.3 is 15.2 Å². The third-order valence-corrected chi connectivity index (χ3v) is 4.00. The van der Waals surface area contributed by atoms with E-state index in [0.717, 1.165) is 18.2 Å². The molecule has 2 N–H and O–H groups in total. The molecule has 0 aromatic heterocycles. The van der Waals surface area contributed by atoms with E-state index in [1.807, 2.05) is 0 Å². The van der Waals surface area contributed by atoms with Gasteiger partial charge in [0.05, 0.1) is 12.1 Å². The third kappa shape index (κ3) is 2.86. The van der Waals surface area contributed by atoms with E-state index in [0.29, 0.717) is 13.0 Å². The van der Waals surface area contributed by atoms with Gasteiger partial charge in [-0.15, -0.1) is 0 Å². The lowest BCUT2D eigenvalue weighted by Crippen LogP contribution is -2.54. The summed E-state index contributed by atoms with van der Waals surface area (Å²) in [5.41, 5.74) is -1.03. The maximum absolute atomic E-state index is 12.0. The fourth-order valence-electron chi connectivity index (χ4n) is 1.90. The van der Waals surface area contributed by atoms with Gasteiger partial charge in [0.2, 0.25) is 0 Å². The first-order valence-electron chi connectivity index (χ1n) is 5.24. The molecule has 98 valence electrons. The van der Waals surface area contributed by atoms with Crippen LogP contribution < -0.4 is 5.32 Å². The zero-order chi connectivity index (χ0) is 12.5. The lowest BCUT2D eigenvalue weighted by atomic mass is 9.93. The molecule has 2 fully saturated rings. The predicted octanol–water partition coefficient (Wildman–Crippen LogP) is 1.11. The second-order valence-corrected chi connectivity index (χ2v) is 5.15. The Hall–Kier alpha value is -0.470. The molecule has 2 rings (SSSR count). The Labute approximate surface area is 101 Å². The minimum atomic E-state index is -4.31. The average molecular weight is 270 g/mol. The molecule has 0 spiro atoms. The molecule has 17 heavy (non-hydrogen) atoms. The van der Waals surface area contributed by atoms with Crippen molar-refractivity contribution in [2.75, 3.05) is 19.8 Å². The van der Waals surface area contributed by atoms with Crippen molar-refractivity contribution in [2.24, 2.45) is 4.99 Å². The number of amidine groups is 1. The third-order valence-electron chi connectivity index (χ3n) is 2.75. The van der Waals surface area contributed by atoms with E-state index >= 15 is 0 Å². The maximum Gasteiger partial charge on any atom is 0.408 e. The number of hydrogen-bond acceptors (Lipinski definition) is 4. The van der Waals surface area contributed by atoms with Crippen LogP contribution in [-0.2, 0) is 4.74 Å². The zero-order valence-electron chi connectivity index (χ0n) is 8.96. The van der Waals surface area contributed by atoms with Gasteiger partial charge >= 0.3 is 6.18 Å². The summed E-state index contributed by atoms with van der Waals surface area (Å²) in [6.45, 7) is -0.820. The summed E-state index contributed by atoms with van der Waals surface area (Å²) in [5.74, 6) is 0. The number of aliphatic hydroxyl groups excluding tert-OH is 1. The quantitative estimate of drug-likeness (QED) is 0.789. The molecule has 8 heteroatoms. The highest BCUT2D eigenvalue weighted by Crippen LogP contribution is 2.39. The van der Waals surface area contributed by atoms with E-state index in [2.05, 4.69) is 10.3 Å². The molecule has 2 aliphatic heterocycles. The van der Waals surface area contributed by atoms with Crippen LogP contribution in [0.4, 0.5) is 13.2 Å². The summed E-state index contributed by atoms with van der Waals surface area (Å²) in [7, 11) is 0. The number of hydrogen-bond donors (Lipinski definition) is 2. The molecule has 0 aromatic carbocycles. The van der Waals surface area contributed by atoms with E-state index in [1.54, 1.807) is 0 Å². The van der Waals surface area contributed by atoms with Gasteiger partial charge in [0.15, 0.2) is 5.17 Å². The maximum atomic E-state index is 12.0. The monoisotopic (exact) mass is 270 g/mol. The topological polar surface area (TPSA) is 53.9 Å². The van der Waals surface area contributed by atoms with E-state index in [1.165, 1.54) is 0 Å². The number of aliphatic imine (C=N–C) groups is 1. The number of halogens is 3. The number of ether oxygens (including phenoxy) is 1. The van der Waals surface area contributed by atoms with Gasteiger partial charge in [-0.2, -0.15) is 13.2 Å². The van der Waals surface area contributed by atoms with Crippen molar-refractivity contribution in [1.29, 1.82) is 0 Å². The molecule has 0 saturated carbocycles. The van der Waals surface area contributed by atoms with Crippen LogP contribution in [0.15, 0.2) is 4.99 Å². The standard InChI is InChI=1S/C9H13F3N2O2S/c10-9(11,12)4-13-7-14-8(5-15)2-1-3-16-6(8)17-7/h6,15H,1-5H2,(H,13,14). The number of thioether (sulfide) groups is 1. The lowest BCUT2D eigenvalue weighted by molar-refractivity contribution is -0.118. The van der Waals surface area contributed by atoms with E-state index in [4.69, 9.17) is 4.74 Å². The van der Waals surface area contributed by atoms with Crippen LogP contribution in [0, 0.1) is 0 Å². The molecule has 2 heterocycles. The Balaban J connectivity index is 2.05. The van der Waals surface area contributed by atoms with Crippen molar-refractivity contribution in [2.45, 2.75) is 30.0 Å². The molecule has 2 unspecified atom stereocenters. The zero-order valence-corrected chi connectivity index (χ0v) is 9.77. The first-order chi connectivity index (χ1) is 7.95. The van der Waals surface area contributed by atoms with Gasteiger partial charge in [0.1, 0.15) is 12.0 Å². The van der Waals surface area contributed by atoms with Gasteiger partial charge in [0.25, 0.3) is 0 Å². The molecule has 0 amide bonds. The highest BCUT2D eigenvalue weighted by molar-refractivity contribution is 8.14. The number of nitrogens with one attached hydrogen (secondary N) is 1. The Morgan fingerprint density at radius 1 is 1.59 bits per heavy atom. The molecule has 0 radical (unpaired) electrons. The van der Waals surface area contributed by atoms with Gasteiger partial charge in [-0.25, -0.2) is 0 Å². The number of fused-ring (bicyclic) bond motifs is 1. The van der Waals surface area contributed by atoms with Crippen molar-refractivity contribution in [3.63, 3.8) is 0 Å². The highest BCUT2D eigenvalue weighted by atomic mass is 32.2. The smallest absolute Gasteiger partial charge is 0.394 e. The summed E-state index contributed by atoms with van der Waals surface area (Å²) in [6, 6.07) is 0.